The minimum Gasteiger partial charge on any atom is -0.505 e. The van der Waals surface area contributed by atoms with Crippen LogP contribution in [-0.2, 0) is 0 Å². The number of ether oxygens (including phenoxy) is 1. The molecule has 0 bridgehead atoms. The lowest BCUT2D eigenvalue weighted by atomic mass is 10.00. The van der Waals surface area contributed by atoms with Crippen molar-refractivity contribution in [2.24, 2.45) is 5.73 Å². The lowest BCUT2D eigenvalue weighted by molar-refractivity contribution is 0.247. The van der Waals surface area contributed by atoms with Crippen LogP contribution in [0.25, 0.3) is 0 Å². The summed E-state index contributed by atoms with van der Waals surface area (Å²) in [7, 11) is 0. The maximum atomic E-state index is 13.3. The average Bonchev–Trinajstić information content (AvgIpc) is 2.14. The molecule has 76 valence electrons. The number of benzene rings is 1. The number of aromatic hydroxyl groups is 1. The fourth-order valence-electron chi connectivity index (χ4n) is 1.53. The molecule has 1 aromatic carbocycles. The van der Waals surface area contributed by atoms with Crippen molar-refractivity contribution in [2.75, 3.05) is 6.61 Å². The SMILES string of the molecule is N[C@@H]1CCOc2c(F)cc(O)c(F)c21. The Morgan fingerprint density at radius 1 is 1.50 bits per heavy atom. The molecule has 3 nitrogen and oxygen atoms in total. The van der Waals surface area contributed by atoms with Gasteiger partial charge in [-0.05, 0) is 0 Å². The largest absolute Gasteiger partial charge is 0.505 e. The summed E-state index contributed by atoms with van der Waals surface area (Å²) in [5.74, 6) is -2.59. The van der Waals surface area contributed by atoms with Gasteiger partial charge < -0.3 is 15.6 Å². The van der Waals surface area contributed by atoms with Crippen LogP contribution in [0.15, 0.2) is 6.07 Å². The molecule has 0 saturated carbocycles. The predicted molar refractivity (Wildman–Crippen MR) is 45.1 cm³/mol. The Kier molecular flexibility index (Phi) is 2.03. The van der Waals surface area contributed by atoms with Crippen LogP contribution in [-0.4, -0.2) is 11.7 Å². The minimum atomic E-state index is -0.895. The first-order chi connectivity index (χ1) is 6.61. The molecule has 1 aliphatic heterocycles. The topological polar surface area (TPSA) is 55.5 Å². The van der Waals surface area contributed by atoms with Crippen molar-refractivity contribution in [1.82, 2.24) is 0 Å². The maximum Gasteiger partial charge on any atom is 0.173 e. The maximum absolute atomic E-state index is 13.3. The van der Waals surface area contributed by atoms with Gasteiger partial charge in [0.25, 0.3) is 0 Å². The van der Waals surface area contributed by atoms with Gasteiger partial charge in [-0.25, -0.2) is 8.78 Å². The summed E-state index contributed by atoms with van der Waals surface area (Å²) in [6.07, 6.45) is 0.410. The Bertz CT molecular complexity index is 382. The predicted octanol–water partition coefficient (Wildman–Crippen LogP) is 1.45. The fourth-order valence-corrected chi connectivity index (χ4v) is 1.53. The van der Waals surface area contributed by atoms with E-state index < -0.39 is 23.4 Å². The van der Waals surface area contributed by atoms with Crippen LogP contribution in [0.5, 0.6) is 11.5 Å². The van der Waals surface area contributed by atoms with Gasteiger partial charge >= 0.3 is 0 Å². The van der Waals surface area contributed by atoms with Crippen LogP contribution < -0.4 is 10.5 Å². The summed E-state index contributed by atoms with van der Waals surface area (Å²) in [6.45, 7) is 0.259. The number of rotatable bonds is 0. The van der Waals surface area contributed by atoms with E-state index in [1.165, 1.54) is 0 Å². The number of hydrogen-bond donors (Lipinski definition) is 2. The Morgan fingerprint density at radius 2 is 2.21 bits per heavy atom. The van der Waals surface area contributed by atoms with Crippen molar-refractivity contribution in [3.63, 3.8) is 0 Å². The summed E-state index contributed by atoms with van der Waals surface area (Å²) in [5.41, 5.74) is 5.51. The molecule has 0 fully saturated rings. The summed E-state index contributed by atoms with van der Waals surface area (Å²) in [5, 5.41) is 9.05. The number of nitrogens with two attached hydrogens (primary N) is 1. The Hall–Kier alpha value is -1.36. The van der Waals surface area contributed by atoms with Gasteiger partial charge in [0.1, 0.15) is 0 Å². The van der Waals surface area contributed by atoms with Gasteiger partial charge in [0.15, 0.2) is 23.1 Å². The van der Waals surface area contributed by atoms with Gasteiger partial charge in [0, 0.05) is 18.5 Å². The number of hydrogen-bond acceptors (Lipinski definition) is 3. The second-order valence-corrected chi connectivity index (χ2v) is 3.18. The molecule has 3 N–H and O–H groups in total. The van der Waals surface area contributed by atoms with Gasteiger partial charge in [-0.3, -0.25) is 0 Å². The quantitative estimate of drug-likeness (QED) is 0.668. The van der Waals surface area contributed by atoms with Crippen molar-refractivity contribution in [3.05, 3.63) is 23.3 Å². The van der Waals surface area contributed by atoms with Gasteiger partial charge in [0.2, 0.25) is 0 Å². The van der Waals surface area contributed by atoms with E-state index in [1.54, 1.807) is 0 Å². The third kappa shape index (κ3) is 1.21. The van der Waals surface area contributed by atoms with Crippen LogP contribution in [0, 0.1) is 11.6 Å². The van der Waals surface area contributed by atoms with Crippen LogP contribution in [0.4, 0.5) is 8.78 Å². The molecule has 2 rings (SSSR count). The minimum absolute atomic E-state index is 0.0752. The van der Waals surface area contributed by atoms with E-state index in [2.05, 4.69) is 0 Å². The van der Waals surface area contributed by atoms with E-state index in [-0.39, 0.29) is 17.9 Å². The molecule has 1 heterocycles. The van der Waals surface area contributed by atoms with Crippen molar-refractivity contribution in [3.8, 4) is 11.5 Å². The van der Waals surface area contributed by atoms with Crippen molar-refractivity contribution >= 4 is 0 Å². The smallest absolute Gasteiger partial charge is 0.173 e. The number of fused-ring (bicyclic) bond motifs is 1. The third-order valence-electron chi connectivity index (χ3n) is 2.23. The van der Waals surface area contributed by atoms with Crippen LogP contribution in [0.1, 0.15) is 18.0 Å². The first-order valence-electron chi connectivity index (χ1n) is 4.20. The molecule has 1 atom stereocenters. The standard InChI is InChI=1S/C9H9F2NO2/c10-4-3-6(13)8(11)7-5(12)1-2-14-9(4)7/h3,5,13H,1-2,12H2/t5-/m1/s1. The average molecular weight is 201 g/mol. The molecule has 14 heavy (non-hydrogen) atoms. The van der Waals surface area contributed by atoms with E-state index in [0.717, 1.165) is 0 Å². The number of phenolic OH excluding ortho intramolecular Hbond substituents is 1. The molecule has 0 aliphatic carbocycles. The summed E-state index contributed by atoms with van der Waals surface area (Å²) >= 11 is 0. The van der Waals surface area contributed by atoms with Gasteiger partial charge in [-0.1, -0.05) is 0 Å². The zero-order valence-electron chi connectivity index (χ0n) is 7.26. The number of phenols is 1. The summed E-state index contributed by atoms with van der Waals surface area (Å²) in [4.78, 5) is 0. The summed E-state index contributed by atoms with van der Waals surface area (Å²) < 4.78 is 31.5. The van der Waals surface area contributed by atoms with Crippen molar-refractivity contribution in [2.45, 2.75) is 12.5 Å². The highest BCUT2D eigenvalue weighted by Gasteiger charge is 2.27. The van der Waals surface area contributed by atoms with Crippen LogP contribution >= 0.6 is 0 Å². The first-order valence-corrected chi connectivity index (χ1v) is 4.20. The van der Waals surface area contributed by atoms with Gasteiger partial charge in [-0.2, -0.15) is 0 Å². The Morgan fingerprint density at radius 3 is 2.93 bits per heavy atom. The molecule has 0 spiro atoms. The molecule has 1 aliphatic rings. The lowest BCUT2D eigenvalue weighted by Gasteiger charge is -2.23. The highest BCUT2D eigenvalue weighted by molar-refractivity contribution is 5.45. The molecule has 5 heteroatoms. The van der Waals surface area contributed by atoms with Gasteiger partial charge in [0.05, 0.1) is 12.2 Å². The Balaban J connectivity index is 2.67. The van der Waals surface area contributed by atoms with Crippen molar-refractivity contribution in [1.29, 1.82) is 0 Å². The zero-order valence-corrected chi connectivity index (χ0v) is 7.26. The van der Waals surface area contributed by atoms with E-state index >= 15 is 0 Å². The van der Waals surface area contributed by atoms with E-state index in [0.29, 0.717) is 12.5 Å². The highest BCUT2D eigenvalue weighted by Crippen LogP contribution is 2.38. The first kappa shape index (κ1) is 9.21. The molecule has 0 amide bonds. The van der Waals surface area contributed by atoms with E-state index in [1.807, 2.05) is 0 Å². The molecular formula is C9H9F2NO2. The third-order valence-corrected chi connectivity index (χ3v) is 2.23. The normalized spacial score (nSPS) is 20.1. The van der Waals surface area contributed by atoms with E-state index in [9.17, 15) is 8.78 Å². The summed E-state index contributed by atoms with van der Waals surface area (Å²) in [6, 6.07) is 0.0620. The fraction of sp³-hybridized carbons (Fsp3) is 0.333. The molecule has 0 radical (unpaired) electrons. The van der Waals surface area contributed by atoms with Gasteiger partial charge in [-0.15, -0.1) is 0 Å². The molecular weight excluding hydrogens is 192 g/mol. The second kappa shape index (κ2) is 3.09. The zero-order chi connectivity index (χ0) is 10.3. The molecule has 0 saturated heterocycles. The Labute approximate surface area is 79.1 Å². The highest BCUT2D eigenvalue weighted by atomic mass is 19.1. The number of halogens is 2. The molecule has 1 aromatic rings. The van der Waals surface area contributed by atoms with E-state index in [4.69, 9.17) is 15.6 Å². The van der Waals surface area contributed by atoms with Crippen LogP contribution in [0.2, 0.25) is 0 Å². The second-order valence-electron chi connectivity index (χ2n) is 3.18. The molecule has 0 aromatic heterocycles. The van der Waals surface area contributed by atoms with Crippen LogP contribution in [0.3, 0.4) is 0 Å². The van der Waals surface area contributed by atoms with Crippen molar-refractivity contribution < 1.29 is 18.6 Å². The monoisotopic (exact) mass is 201 g/mol. The lowest BCUT2D eigenvalue weighted by Crippen LogP contribution is -2.22. The molecule has 0 unspecified atom stereocenters.